The van der Waals surface area contributed by atoms with Gasteiger partial charge in [-0.3, -0.25) is 9.59 Å². The van der Waals surface area contributed by atoms with E-state index in [2.05, 4.69) is 148 Å². The van der Waals surface area contributed by atoms with Crippen molar-refractivity contribution in [1.82, 2.24) is 5.32 Å². The summed E-state index contributed by atoms with van der Waals surface area (Å²) in [7, 11) is 0. The summed E-state index contributed by atoms with van der Waals surface area (Å²) >= 11 is 0. The Labute approximate surface area is 512 Å². The van der Waals surface area contributed by atoms with Crippen LogP contribution < -0.4 is 5.32 Å². The highest BCUT2D eigenvalue weighted by atomic mass is 16.7. The Bertz CT molecular complexity index is 1880. The third kappa shape index (κ3) is 46.1. The molecule has 1 aliphatic rings. The topological polar surface area (TPSA) is 175 Å². The Morgan fingerprint density at radius 1 is 0.476 bits per heavy atom. The molecular formula is C73H121NO10. The number of unbranched alkanes of at least 4 members (excludes halogenated alkanes) is 21. The maximum Gasteiger partial charge on any atom is 0.306 e. The van der Waals surface area contributed by atoms with Crippen LogP contribution in [0.5, 0.6) is 0 Å². The van der Waals surface area contributed by atoms with Gasteiger partial charge in [-0.2, -0.15) is 0 Å². The molecule has 1 heterocycles. The lowest BCUT2D eigenvalue weighted by Gasteiger charge is -2.41. The van der Waals surface area contributed by atoms with Gasteiger partial charge < -0.3 is 45.1 Å². The van der Waals surface area contributed by atoms with Gasteiger partial charge in [-0.1, -0.05) is 257 Å². The summed E-state index contributed by atoms with van der Waals surface area (Å²) in [6.07, 6.45) is 73.3. The van der Waals surface area contributed by atoms with Gasteiger partial charge in [0.15, 0.2) is 12.4 Å². The van der Waals surface area contributed by atoms with Crippen molar-refractivity contribution < 1.29 is 49.3 Å². The van der Waals surface area contributed by atoms with Crippen LogP contribution in [0.4, 0.5) is 0 Å². The number of aliphatic hydroxyl groups is 5. The Balaban J connectivity index is 2.68. The average molecular weight is 1170 g/mol. The highest BCUT2D eigenvalue weighted by molar-refractivity contribution is 5.80. The lowest BCUT2D eigenvalue weighted by Crippen LogP contribution is -2.61. The van der Waals surface area contributed by atoms with Crippen LogP contribution in [0.1, 0.15) is 252 Å². The second kappa shape index (κ2) is 59.1. The van der Waals surface area contributed by atoms with E-state index in [0.717, 1.165) is 135 Å². The monoisotopic (exact) mass is 1170 g/mol. The second-order valence-corrected chi connectivity index (χ2v) is 22.5. The molecule has 6 N–H and O–H groups in total. The van der Waals surface area contributed by atoms with Crippen molar-refractivity contribution >= 4 is 11.9 Å². The Morgan fingerprint density at radius 2 is 0.857 bits per heavy atom. The Kier molecular flexibility index (Phi) is 54.8. The van der Waals surface area contributed by atoms with Crippen molar-refractivity contribution in [3.8, 4) is 0 Å². The molecule has 0 saturated carbocycles. The standard InChI is InChI=1S/C73H121NO10/c1-4-7-10-13-16-19-22-25-27-29-31-33-35-36-38-40-42-45-48-51-54-57-60-66(77)72(81)74-64(65(76)59-56-53-50-47-44-24-21-18-15-12-9-6-3)63-82-73-71(70(80)69(79)67(62-75)83-73)84-68(78)61-58-55-52-49-46-43-41-39-37-34-32-30-28-26-23-20-17-14-11-8-5-2/h7,10,16-17,19-20,25-28,31-34,36,38-39,41-42,45,56,59,64-67,69-71,73,75-77,79-80H,4-6,8-9,11-15,18,21-24,29-30,35,37,40,43-44,46-55,57-58,60-63H2,1-3H3,(H,74,81)/b10-7-,19-16-,20-17-,27-25-,28-26-,33-31-,34-32-,38-36-,41-39-,45-42-,59-56+. The lowest BCUT2D eigenvalue weighted by atomic mass is 9.99. The van der Waals surface area contributed by atoms with E-state index in [1.807, 2.05) is 6.08 Å². The molecule has 0 aliphatic carbocycles. The zero-order valence-electron chi connectivity index (χ0n) is 53.0. The minimum Gasteiger partial charge on any atom is -0.454 e. The molecule has 0 aromatic rings. The SMILES string of the molecule is CC/C=C\C/C=C\C/C=C\C/C=C\C/C=C\C/C=C\CCCCCC(O)C(=O)NC(COC1OC(CO)C(O)C(O)C1OC(=O)CCCCCCC/C=C\C/C=C\C/C=C\C/C=C\CCCCC)C(O)/C=C/CCCCCCCCCCCC. The molecule has 1 aliphatic heterocycles. The number of carbonyl (C=O) groups is 2. The van der Waals surface area contributed by atoms with Crippen molar-refractivity contribution in [3.63, 3.8) is 0 Å². The van der Waals surface area contributed by atoms with Gasteiger partial charge in [0.1, 0.15) is 24.4 Å². The van der Waals surface area contributed by atoms with E-state index in [9.17, 15) is 35.1 Å². The molecule has 1 rings (SSSR count). The number of aliphatic hydroxyl groups excluding tert-OH is 5. The Hall–Kier alpha value is -4.20. The maximum atomic E-state index is 13.5. The number of carbonyl (C=O) groups excluding carboxylic acids is 2. The molecule has 0 aromatic heterocycles. The first kappa shape index (κ1) is 77.8. The zero-order chi connectivity index (χ0) is 61.0. The van der Waals surface area contributed by atoms with Crippen LogP contribution in [-0.4, -0.2) is 99.6 Å². The van der Waals surface area contributed by atoms with Crippen LogP contribution in [0.2, 0.25) is 0 Å². The third-order valence-corrected chi connectivity index (χ3v) is 14.8. The number of nitrogens with one attached hydrogen (secondary N) is 1. The molecule has 0 bridgehead atoms. The molecule has 8 atom stereocenters. The van der Waals surface area contributed by atoms with E-state index in [-0.39, 0.29) is 19.4 Å². The van der Waals surface area contributed by atoms with Crippen molar-refractivity contribution in [2.24, 2.45) is 0 Å². The van der Waals surface area contributed by atoms with Crippen LogP contribution in [0.3, 0.4) is 0 Å². The number of ether oxygens (including phenoxy) is 3. The largest absolute Gasteiger partial charge is 0.454 e. The first-order valence-corrected chi connectivity index (χ1v) is 33.5. The molecule has 1 fully saturated rings. The van der Waals surface area contributed by atoms with E-state index in [4.69, 9.17) is 14.2 Å². The van der Waals surface area contributed by atoms with Crippen LogP contribution >= 0.6 is 0 Å². The second-order valence-electron chi connectivity index (χ2n) is 22.5. The molecule has 8 unspecified atom stereocenters. The third-order valence-electron chi connectivity index (χ3n) is 14.8. The molecule has 11 nitrogen and oxygen atoms in total. The van der Waals surface area contributed by atoms with Gasteiger partial charge in [-0.25, -0.2) is 0 Å². The van der Waals surface area contributed by atoms with Crippen LogP contribution in [0.15, 0.2) is 134 Å². The summed E-state index contributed by atoms with van der Waals surface area (Å²) in [4.78, 5) is 26.6. The highest BCUT2D eigenvalue weighted by Crippen LogP contribution is 2.26. The predicted octanol–water partition coefficient (Wildman–Crippen LogP) is 16.8. The van der Waals surface area contributed by atoms with Crippen molar-refractivity contribution in [3.05, 3.63) is 134 Å². The van der Waals surface area contributed by atoms with Gasteiger partial charge in [0.2, 0.25) is 5.91 Å². The fourth-order valence-electron chi connectivity index (χ4n) is 9.52. The molecular weight excluding hydrogens is 1050 g/mol. The maximum absolute atomic E-state index is 13.5. The first-order valence-electron chi connectivity index (χ1n) is 33.5. The van der Waals surface area contributed by atoms with Gasteiger partial charge in [0.05, 0.1) is 25.4 Å². The first-order chi connectivity index (χ1) is 41.2. The molecule has 1 amide bonds. The molecule has 0 radical (unpaired) electrons. The molecule has 84 heavy (non-hydrogen) atoms. The summed E-state index contributed by atoms with van der Waals surface area (Å²) in [6.45, 7) is 5.62. The van der Waals surface area contributed by atoms with Gasteiger partial charge in [0, 0.05) is 6.42 Å². The fourth-order valence-corrected chi connectivity index (χ4v) is 9.52. The number of hydrogen-bond donors (Lipinski definition) is 6. The summed E-state index contributed by atoms with van der Waals surface area (Å²) in [5.74, 6) is -1.25. The minimum absolute atomic E-state index is 0.0915. The van der Waals surface area contributed by atoms with E-state index < -0.39 is 67.4 Å². The van der Waals surface area contributed by atoms with Crippen molar-refractivity contribution in [2.75, 3.05) is 13.2 Å². The smallest absolute Gasteiger partial charge is 0.306 e. The normalized spacial score (nSPS) is 19.4. The van der Waals surface area contributed by atoms with Gasteiger partial charge in [-0.05, 0) is 122 Å². The molecule has 1 saturated heterocycles. The minimum atomic E-state index is -1.64. The average Bonchev–Trinajstić information content (AvgIpc) is 3.55. The quantitative estimate of drug-likeness (QED) is 0.0195. The molecule has 11 heteroatoms. The number of allylic oxidation sites excluding steroid dienone is 21. The van der Waals surface area contributed by atoms with Crippen molar-refractivity contribution in [2.45, 2.75) is 301 Å². The molecule has 0 aromatic carbocycles. The van der Waals surface area contributed by atoms with Crippen molar-refractivity contribution in [1.29, 1.82) is 0 Å². The van der Waals surface area contributed by atoms with Gasteiger partial charge >= 0.3 is 5.97 Å². The van der Waals surface area contributed by atoms with E-state index >= 15 is 0 Å². The van der Waals surface area contributed by atoms with E-state index in [1.165, 1.54) is 70.6 Å². The predicted molar refractivity (Wildman–Crippen MR) is 351 cm³/mol. The van der Waals surface area contributed by atoms with Crippen LogP contribution in [0.25, 0.3) is 0 Å². The lowest BCUT2D eigenvalue weighted by molar-refractivity contribution is -0.305. The zero-order valence-corrected chi connectivity index (χ0v) is 53.0. The highest BCUT2D eigenvalue weighted by Gasteiger charge is 2.47. The summed E-state index contributed by atoms with van der Waals surface area (Å²) < 4.78 is 17.6. The molecule has 478 valence electrons. The summed E-state index contributed by atoms with van der Waals surface area (Å²) in [6, 6.07) is -1.05. The van der Waals surface area contributed by atoms with E-state index in [1.54, 1.807) is 6.08 Å². The van der Waals surface area contributed by atoms with Gasteiger partial charge in [-0.15, -0.1) is 0 Å². The summed E-state index contributed by atoms with van der Waals surface area (Å²) in [5.41, 5.74) is 0. The van der Waals surface area contributed by atoms with Gasteiger partial charge in [0.25, 0.3) is 0 Å². The summed E-state index contributed by atoms with van der Waals surface area (Å²) in [5, 5.41) is 57.1. The Morgan fingerprint density at radius 3 is 1.31 bits per heavy atom. The number of rotatable bonds is 55. The fraction of sp³-hybridized carbons (Fsp3) is 0.671. The number of hydrogen-bond acceptors (Lipinski definition) is 10. The molecule has 0 spiro atoms. The van der Waals surface area contributed by atoms with Crippen LogP contribution in [0, 0.1) is 0 Å². The van der Waals surface area contributed by atoms with E-state index in [0.29, 0.717) is 12.8 Å². The van der Waals surface area contributed by atoms with Crippen LogP contribution in [-0.2, 0) is 23.8 Å². The number of esters is 1. The number of amides is 1.